The molecule has 2 atom stereocenters. The summed E-state index contributed by atoms with van der Waals surface area (Å²) >= 11 is 0. The molecule has 1 aromatic rings. The fourth-order valence-corrected chi connectivity index (χ4v) is 2.46. The first-order chi connectivity index (χ1) is 8.19. The van der Waals surface area contributed by atoms with E-state index in [2.05, 4.69) is 68.5 Å². The van der Waals surface area contributed by atoms with Crippen molar-refractivity contribution in [2.45, 2.75) is 25.7 Å². The Morgan fingerprint density at radius 1 is 1.24 bits per heavy atom. The molecule has 0 saturated heterocycles. The van der Waals surface area contributed by atoms with Crippen LogP contribution in [0.4, 0.5) is 0 Å². The fraction of sp³-hybridized carbons (Fsp3) is 0.312. The maximum Gasteiger partial charge on any atom is 0.0634 e. The molecule has 0 fully saturated rings. The summed E-state index contributed by atoms with van der Waals surface area (Å²) < 4.78 is 0. The molecule has 0 bridgehead atoms. The molecule has 1 aliphatic rings. The van der Waals surface area contributed by atoms with Crippen LogP contribution in [-0.2, 0) is 5.41 Å². The van der Waals surface area contributed by atoms with E-state index in [0.29, 0.717) is 12.3 Å². The minimum Gasteiger partial charge on any atom is -0.198 e. The first kappa shape index (κ1) is 11.7. The van der Waals surface area contributed by atoms with Crippen LogP contribution in [0.25, 0.3) is 0 Å². The van der Waals surface area contributed by atoms with Crippen molar-refractivity contribution in [1.82, 2.24) is 0 Å². The lowest BCUT2D eigenvalue weighted by Gasteiger charge is -2.35. The topological polar surface area (TPSA) is 23.8 Å². The highest BCUT2D eigenvalue weighted by Crippen LogP contribution is 2.40. The van der Waals surface area contributed by atoms with Gasteiger partial charge in [-0.3, -0.25) is 0 Å². The number of allylic oxidation sites excluding steroid dienone is 4. The van der Waals surface area contributed by atoms with E-state index in [1.54, 1.807) is 0 Å². The Kier molecular flexibility index (Phi) is 3.15. The molecule has 0 radical (unpaired) electrons. The number of aryl methyl sites for hydroxylation is 1. The molecular formula is C16H17N. The molecule has 0 amide bonds. The van der Waals surface area contributed by atoms with Gasteiger partial charge in [0.05, 0.1) is 6.07 Å². The Hall–Kier alpha value is -1.81. The first-order valence-corrected chi connectivity index (χ1v) is 5.99. The molecule has 17 heavy (non-hydrogen) atoms. The van der Waals surface area contributed by atoms with E-state index in [1.807, 2.05) is 0 Å². The third kappa shape index (κ3) is 2.03. The van der Waals surface area contributed by atoms with E-state index in [0.717, 1.165) is 0 Å². The summed E-state index contributed by atoms with van der Waals surface area (Å²) in [6.45, 7) is 4.26. The molecule has 1 heteroatoms. The zero-order chi connectivity index (χ0) is 12.3. The summed E-state index contributed by atoms with van der Waals surface area (Å²) in [5.41, 5.74) is 2.33. The third-order valence-corrected chi connectivity index (χ3v) is 3.68. The monoisotopic (exact) mass is 223 g/mol. The number of rotatable bonds is 2. The van der Waals surface area contributed by atoms with Gasteiger partial charge in [-0.25, -0.2) is 0 Å². The minimum absolute atomic E-state index is 0.156. The lowest BCUT2D eigenvalue weighted by Crippen LogP contribution is -2.31. The SMILES string of the molecule is Cc1ccc(C2(CC#N)C=CC=CC2C)cc1. The second-order valence-corrected chi connectivity index (χ2v) is 4.77. The van der Waals surface area contributed by atoms with Crippen molar-refractivity contribution >= 4 is 0 Å². The second-order valence-electron chi connectivity index (χ2n) is 4.77. The standard InChI is InChI=1S/C16H17N/c1-13-6-8-15(9-7-13)16(11-12-17)10-4-3-5-14(16)2/h3-10,14H,11H2,1-2H3. The van der Waals surface area contributed by atoms with E-state index in [9.17, 15) is 0 Å². The summed E-state index contributed by atoms with van der Waals surface area (Å²) in [6, 6.07) is 10.9. The Balaban J connectivity index is 2.48. The highest BCUT2D eigenvalue weighted by molar-refractivity contribution is 5.39. The van der Waals surface area contributed by atoms with Gasteiger partial charge in [-0.05, 0) is 18.4 Å². The summed E-state index contributed by atoms with van der Waals surface area (Å²) in [4.78, 5) is 0. The highest BCUT2D eigenvalue weighted by atomic mass is 14.4. The molecule has 0 aliphatic heterocycles. The van der Waals surface area contributed by atoms with Gasteiger partial charge in [0, 0.05) is 11.8 Å². The van der Waals surface area contributed by atoms with Crippen molar-refractivity contribution in [3.63, 3.8) is 0 Å². The van der Waals surface area contributed by atoms with Crippen molar-refractivity contribution < 1.29 is 0 Å². The summed E-state index contributed by atoms with van der Waals surface area (Å²) in [7, 11) is 0. The Morgan fingerprint density at radius 3 is 2.53 bits per heavy atom. The molecule has 1 nitrogen and oxygen atoms in total. The van der Waals surface area contributed by atoms with Crippen LogP contribution in [0.1, 0.15) is 24.5 Å². The predicted octanol–water partition coefficient (Wildman–Crippen LogP) is 3.91. The normalized spacial score (nSPS) is 26.8. The van der Waals surface area contributed by atoms with E-state index in [1.165, 1.54) is 11.1 Å². The zero-order valence-corrected chi connectivity index (χ0v) is 10.4. The summed E-state index contributed by atoms with van der Waals surface area (Å²) in [5, 5.41) is 9.11. The number of hydrogen-bond acceptors (Lipinski definition) is 1. The average Bonchev–Trinajstić information content (AvgIpc) is 2.33. The van der Waals surface area contributed by atoms with E-state index in [-0.39, 0.29) is 5.41 Å². The van der Waals surface area contributed by atoms with Gasteiger partial charge < -0.3 is 0 Å². The summed E-state index contributed by atoms with van der Waals surface area (Å²) in [6.07, 6.45) is 8.99. The van der Waals surface area contributed by atoms with Crippen LogP contribution >= 0.6 is 0 Å². The van der Waals surface area contributed by atoms with Crippen LogP contribution in [0.5, 0.6) is 0 Å². The predicted molar refractivity (Wildman–Crippen MR) is 70.5 cm³/mol. The number of nitrogens with zero attached hydrogens (tertiary/aromatic N) is 1. The van der Waals surface area contributed by atoms with E-state index >= 15 is 0 Å². The molecule has 2 rings (SSSR count). The Labute approximate surface area is 103 Å². The first-order valence-electron chi connectivity index (χ1n) is 5.99. The third-order valence-electron chi connectivity index (χ3n) is 3.68. The summed E-state index contributed by atoms with van der Waals surface area (Å²) in [5.74, 6) is 0.356. The van der Waals surface area contributed by atoms with E-state index in [4.69, 9.17) is 5.26 Å². The van der Waals surface area contributed by atoms with Gasteiger partial charge in [0.2, 0.25) is 0 Å². The van der Waals surface area contributed by atoms with Crippen LogP contribution < -0.4 is 0 Å². The molecule has 1 aliphatic carbocycles. The van der Waals surface area contributed by atoms with Gasteiger partial charge in [0.25, 0.3) is 0 Å². The van der Waals surface area contributed by atoms with Gasteiger partial charge >= 0.3 is 0 Å². The van der Waals surface area contributed by atoms with Crippen LogP contribution in [0.15, 0.2) is 48.6 Å². The molecule has 0 spiro atoms. The number of benzene rings is 1. The van der Waals surface area contributed by atoms with Gasteiger partial charge in [0.1, 0.15) is 0 Å². The van der Waals surface area contributed by atoms with Gasteiger partial charge in [-0.15, -0.1) is 0 Å². The molecule has 0 aromatic heterocycles. The molecule has 0 saturated carbocycles. The lowest BCUT2D eigenvalue weighted by atomic mass is 9.67. The maximum atomic E-state index is 9.11. The van der Waals surface area contributed by atoms with Crippen LogP contribution in [0.3, 0.4) is 0 Å². The smallest absolute Gasteiger partial charge is 0.0634 e. The van der Waals surface area contributed by atoms with Crippen molar-refractivity contribution in [3.8, 4) is 6.07 Å². The molecule has 1 aromatic carbocycles. The second kappa shape index (κ2) is 4.59. The molecule has 0 heterocycles. The Bertz CT molecular complexity index is 487. The van der Waals surface area contributed by atoms with Crippen molar-refractivity contribution in [1.29, 1.82) is 5.26 Å². The van der Waals surface area contributed by atoms with Crippen molar-refractivity contribution in [3.05, 3.63) is 59.7 Å². The average molecular weight is 223 g/mol. The van der Waals surface area contributed by atoms with Gasteiger partial charge in [-0.2, -0.15) is 5.26 Å². The molecule has 2 unspecified atom stereocenters. The van der Waals surface area contributed by atoms with Crippen LogP contribution in [0, 0.1) is 24.2 Å². The zero-order valence-electron chi connectivity index (χ0n) is 10.4. The van der Waals surface area contributed by atoms with Crippen molar-refractivity contribution in [2.24, 2.45) is 5.92 Å². The van der Waals surface area contributed by atoms with Gasteiger partial charge in [-0.1, -0.05) is 61.1 Å². The number of hydrogen-bond donors (Lipinski definition) is 0. The van der Waals surface area contributed by atoms with Crippen molar-refractivity contribution in [2.75, 3.05) is 0 Å². The van der Waals surface area contributed by atoms with Crippen LogP contribution in [0.2, 0.25) is 0 Å². The van der Waals surface area contributed by atoms with Gasteiger partial charge in [0.15, 0.2) is 0 Å². The van der Waals surface area contributed by atoms with Crippen LogP contribution in [-0.4, -0.2) is 0 Å². The highest BCUT2D eigenvalue weighted by Gasteiger charge is 2.35. The maximum absolute atomic E-state index is 9.11. The quantitative estimate of drug-likeness (QED) is 0.745. The fourth-order valence-electron chi connectivity index (χ4n) is 2.46. The number of nitriles is 1. The Morgan fingerprint density at radius 2 is 1.94 bits per heavy atom. The molecule has 86 valence electrons. The largest absolute Gasteiger partial charge is 0.198 e. The molecule has 0 N–H and O–H groups in total. The minimum atomic E-state index is -0.156. The van der Waals surface area contributed by atoms with E-state index < -0.39 is 0 Å². The lowest BCUT2D eigenvalue weighted by molar-refractivity contribution is 0.425. The molecular weight excluding hydrogens is 206 g/mol.